The molecule has 2 aliphatic rings. The summed E-state index contributed by atoms with van der Waals surface area (Å²) in [6.45, 7) is 9.44. The molecule has 1 fully saturated rings. The number of rotatable bonds is 7. The quantitative estimate of drug-likeness (QED) is 0.213. The number of esters is 3. The standard InChI is InChI=1S/C24H27FO6/c1-13(8-7-11-29-16(4)26)20-14(2)12-19-21(15(3)23(27)30-19)22(20)31-24(28)17-9-5-6-10-18(17)25/h5-6,9-10,13,19,21-22H,3,7-8,11-12H2,1-2,4H3/t13-,19+,21+,22+/m0/s1. The van der Waals surface area contributed by atoms with Crippen molar-refractivity contribution in [2.75, 3.05) is 6.61 Å². The highest BCUT2D eigenvalue weighted by molar-refractivity contribution is 5.92. The first kappa shape index (κ1) is 22.7. The zero-order valence-corrected chi connectivity index (χ0v) is 18.0. The summed E-state index contributed by atoms with van der Waals surface area (Å²) in [7, 11) is 0. The molecule has 7 heteroatoms. The number of hydrogen-bond acceptors (Lipinski definition) is 6. The van der Waals surface area contributed by atoms with E-state index in [4.69, 9.17) is 14.2 Å². The minimum absolute atomic E-state index is 0.0153. The van der Waals surface area contributed by atoms with Crippen LogP contribution < -0.4 is 0 Å². The lowest BCUT2D eigenvalue weighted by Gasteiger charge is -2.37. The van der Waals surface area contributed by atoms with E-state index in [2.05, 4.69) is 6.58 Å². The van der Waals surface area contributed by atoms with E-state index in [-0.39, 0.29) is 23.0 Å². The minimum atomic E-state index is -0.798. The molecule has 1 aromatic rings. The van der Waals surface area contributed by atoms with E-state index in [1.165, 1.54) is 25.1 Å². The summed E-state index contributed by atoms with van der Waals surface area (Å²) in [4.78, 5) is 36.0. The van der Waals surface area contributed by atoms with E-state index in [1.54, 1.807) is 6.07 Å². The Labute approximate surface area is 181 Å². The number of hydrogen-bond donors (Lipinski definition) is 0. The van der Waals surface area contributed by atoms with Gasteiger partial charge in [0, 0.05) is 18.9 Å². The number of benzene rings is 1. The summed E-state index contributed by atoms with van der Waals surface area (Å²) in [6.07, 6.45) is 0.596. The number of ether oxygens (including phenoxy) is 3. The van der Waals surface area contributed by atoms with Crippen molar-refractivity contribution < 1.29 is 33.0 Å². The molecule has 166 valence electrons. The van der Waals surface area contributed by atoms with E-state index in [0.29, 0.717) is 25.9 Å². The van der Waals surface area contributed by atoms with Gasteiger partial charge in [-0.2, -0.15) is 0 Å². The second kappa shape index (κ2) is 9.45. The van der Waals surface area contributed by atoms with Crippen LogP contribution in [-0.4, -0.2) is 36.7 Å². The smallest absolute Gasteiger partial charge is 0.341 e. The second-order valence-corrected chi connectivity index (χ2v) is 8.12. The van der Waals surface area contributed by atoms with E-state index in [9.17, 15) is 18.8 Å². The molecule has 1 heterocycles. The van der Waals surface area contributed by atoms with Gasteiger partial charge in [0.25, 0.3) is 0 Å². The third kappa shape index (κ3) is 4.86. The molecule has 4 atom stereocenters. The Morgan fingerprint density at radius 2 is 2.03 bits per heavy atom. The Balaban J connectivity index is 1.87. The molecule has 1 aromatic carbocycles. The molecule has 0 aromatic heterocycles. The van der Waals surface area contributed by atoms with Crippen LogP contribution in [0.1, 0.15) is 50.4 Å². The monoisotopic (exact) mass is 430 g/mol. The highest BCUT2D eigenvalue weighted by Gasteiger charge is 2.50. The van der Waals surface area contributed by atoms with Gasteiger partial charge in [-0.15, -0.1) is 0 Å². The van der Waals surface area contributed by atoms with Gasteiger partial charge in [-0.1, -0.05) is 31.2 Å². The molecule has 0 saturated carbocycles. The van der Waals surface area contributed by atoms with Gasteiger partial charge in [-0.3, -0.25) is 4.79 Å². The van der Waals surface area contributed by atoms with Gasteiger partial charge in [0.1, 0.15) is 18.0 Å². The highest BCUT2D eigenvalue weighted by Crippen LogP contribution is 2.45. The van der Waals surface area contributed by atoms with Crippen molar-refractivity contribution in [1.29, 1.82) is 0 Å². The third-order valence-electron chi connectivity index (χ3n) is 5.90. The van der Waals surface area contributed by atoms with E-state index >= 15 is 0 Å². The van der Waals surface area contributed by atoms with Gasteiger partial charge in [0.15, 0.2) is 0 Å². The predicted octanol–water partition coefficient (Wildman–Crippen LogP) is 4.15. The number of carbonyl (C=O) groups is 3. The van der Waals surface area contributed by atoms with E-state index in [0.717, 1.165) is 11.1 Å². The van der Waals surface area contributed by atoms with Crippen LogP contribution in [0.15, 0.2) is 47.6 Å². The van der Waals surface area contributed by atoms with Gasteiger partial charge in [0.05, 0.1) is 18.1 Å². The molecule has 0 bridgehead atoms. The average molecular weight is 430 g/mol. The van der Waals surface area contributed by atoms with E-state index < -0.39 is 35.9 Å². The van der Waals surface area contributed by atoms with Crippen LogP contribution in [0.5, 0.6) is 0 Å². The molecule has 3 rings (SSSR count). The molecule has 0 unspecified atom stereocenters. The second-order valence-electron chi connectivity index (χ2n) is 8.12. The Hall–Kier alpha value is -2.96. The summed E-state index contributed by atoms with van der Waals surface area (Å²) in [6, 6.07) is 5.61. The van der Waals surface area contributed by atoms with E-state index in [1.807, 2.05) is 13.8 Å². The topological polar surface area (TPSA) is 78.9 Å². The first-order valence-electron chi connectivity index (χ1n) is 10.4. The van der Waals surface area contributed by atoms with Crippen molar-refractivity contribution in [3.8, 4) is 0 Å². The minimum Gasteiger partial charge on any atom is -0.466 e. The number of fused-ring (bicyclic) bond motifs is 1. The van der Waals surface area contributed by atoms with Crippen LogP contribution in [0.3, 0.4) is 0 Å². The first-order chi connectivity index (χ1) is 14.7. The lowest BCUT2D eigenvalue weighted by molar-refractivity contribution is -0.141. The Kier molecular flexibility index (Phi) is 6.93. The largest absolute Gasteiger partial charge is 0.466 e. The zero-order chi connectivity index (χ0) is 22.7. The maximum absolute atomic E-state index is 14.2. The zero-order valence-electron chi connectivity index (χ0n) is 18.0. The Morgan fingerprint density at radius 1 is 1.32 bits per heavy atom. The van der Waals surface area contributed by atoms with Crippen molar-refractivity contribution in [2.45, 2.75) is 52.2 Å². The molecule has 1 aliphatic heterocycles. The molecule has 31 heavy (non-hydrogen) atoms. The highest BCUT2D eigenvalue weighted by atomic mass is 19.1. The van der Waals surface area contributed by atoms with Crippen molar-refractivity contribution in [2.24, 2.45) is 11.8 Å². The van der Waals surface area contributed by atoms with Gasteiger partial charge in [-0.05, 0) is 43.4 Å². The molecular formula is C24H27FO6. The first-order valence-corrected chi connectivity index (χ1v) is 10.4. The maximum atomic E-state index is 14.2. The van der Waals surface area contributed by atoms with Crippen LogP contribution in [0.25, 0.3) is 0 Å². The Morgan fingerprint density at radius 3 is 2.71 bits per heavy atom. The molecule has 1 aliphatic carbocycles. The van der Waals surface area contributed by atoms with Crippen molar-refractivity contribution in [3.63, 3.8) is 0 Å². The maximum Gasteiger partial charge on any atom is 0.341 e. The summed E-state index contributed by atoms with van der Waals surface area (Å²) in [5.74, 6) is -2.84. The lowest BCUT2D eigenvalue weighted by atomic mass is 9.73. The molecule has 6 nitrogen and oxygen atoms in total. The molecule has 0 spiro atoms. The van der Waals surface area contributed by atoms with Gasteiger partial charge < -0.3 is 14.2 Å². The van der Waals surface area contributed by atoms with Crippen LogP contribution in [0.2, 0.25) is 0 Å². The van der Waals surface area contributed by atoms with Crippen molar-refractivity contribution in [3.05, 3.63) is 58.9 Å². The normalized spacial score (nSPS) is 23.8. The summed E-state index contributed by atoms with van der Waals surface area (Å²) in [5.41, 5.74) is 1.94. The van der Waals surface area contributed by atoms with Crippen LogP contribution in [0.4, 0.5) is 4.39 Å². The summed E-state index contributed by atoms with van der Waals surface area (Å²) < 4.78 is 30.4. The van der Waals surface area contributed by atoms with Crippen LogP contribution >= 0.6 is 0 Å². The molecule has 0 amide bonds. The van der Waals surface area contributed by atoms with Crippen molar-refractivity contribution >= 4 is 17.9 Å². The summed E-state index contributed by atoms with van der Waals surface area (Å²) in [5, 5.41) is 0. The average Bonchev–Trinajstić information content (AvgIpc) is 2.98. The third-order valence-corrected chi connectivity index (χ3v) is 5.90. The predicted molar refractivity (Wildman–Crippen MR) is 110 cm³/mol. The Bertz CT molecular complexity index is 934. The molecular weight excluding hydrogens is 403 g/mol. The van der Waals surface area contributed by atoms with Crippen LogP contribution in [0, 0.1) is 17.7 Å². The molecule has 0 N–H and O–H groups in total. The van der Waals surface area contributed by atoms with Gasteiger partial charge >= 0.3 is 17.9 Å². The van der Waals surface area contributed by atoms with Gasteiger partial charge in [0.2, 0.25) is 0 Å². The SMILES string of the molecule is C=C1C(=O)O[C@@H]2CC(C)=C([C@@H](C)CCCOC(C)=O)[C@@H](OC(=O)c3ccccc3F)[C@H]12. The fourth-order valence-corrected chi connectivity index (χ4v) is 4.45. The van der Waals surface area contributed by atoms with Gasteiger partial charge in [-0.25, -0.2) is 14.0 Å². The fourth-order valence-electron chi connectivity index (χ4n) is 4.45. The number of halogens is 1. The molecule has 1 saturated heterocycles. The fraction of sp³-hybridized carbons (Fsp3) is 0.458. The van der Waals surface area contributed by atoms with Crippen molar-refractivity contribution in [1.82, 2.24) is 0 Å². The number of carbonyl (C=O) groups excluding carboxylic acids is 3. The van der Waals surface area contributed by atoms with Crippen LogP contribution in [-0.2, 0) is 23.8 Å². The molecule has 0 radical (unpaired) electrons. The lowest BCUT2D eigenvalue weighted by Crippen LogP contribution is -2.41. The summed E-state index contributed by atoms with van der Waals surface area (Å²) >= 11 is 0.